The molecule has 2 N–H and O–H groups in total. The fourth-order valence-electron chi connectivity index (χ4n) is 1.77. The Morgan fingerprint density at radius 2 is 2.21 bits per heavy atom. The molecule has 1 saturated heterocycles. The van der Waals surface area contributed by atoms with Crippen molar-refractivity contribution in [3.05, 3.63) is 24.3 Å². The van der Waals surface area contributed by atoms with E-state index in [9.17, 15) is 9.59 Å². The van der Waals surface area contributed by atoms with Crippen LogP contribution >= 0.6 is 11.8 Å². The molecule has 5 nitrogen and oxygen atoms in total. The third kappa shape index (κ3) is 3.89. The molecule has 1 atom stereocenters. The Morgan fingerprint density at radius 1 is 1.47 bits per heavy atom. The predicted molar refractivity (Wildman–Crippen MR) is 75.5 cm³/mol. The van der Waals surface area contributed by atoms with Crippen LogP contribution in [-0.2, 0) is 9.59 Å². The first-order valence-corrected chi connectivity index (χ1v) is 7.07. The summed E-state index contributed by atoms with van der Waals surface area (Å²) in [7, 11) is 1.59. The van der Waals surface area contributed by atoms with Crippen molar-refractivity contribution >= 4 is 29.3 Å². The van der Waals surface area contributed by atoms with Gasteiger partial charge in [0.2, 0.25) is 11.8 Å². The van der Waals surface area contributed by atoms with Gasteiger partial charge in [-0.15, -0.1) is 11.8 Å². The standard InChI is InChI=1S/C13H16N2O3S/c1-18-10-4-2-9(3-5-10)15-12(16)8-11-13(17)14-6-7-19-11/h2-5,11H,6-8H2,1H3,(H,14,17)(H,15,16)/t11-/m0/s1. The highest BCUT2D eigenvalue weighted by atomic mass is 32.2. The summed E-state index contributed by atoms with van der Waals surface area (Å²) in [6, 6.07) is 7.09. The van der Waals surface area contributed by atoms with E-state index in [1.165, 1.54) is 11.8 Å². The maximum Gasteiger partial charge on any atom is 0.233 e. The quantitative estimate of drug-likeness (QED) is 0.871. The first-order chi connectivity index (χ1) is 9.19. The molecule has 6 heteroatoms. The summed E-state index contributed by atoms with van der Waals surface area (Å²) in [5.41, 5.74) is 0.701. The summed E-state index contributed by atoms with van der Waals surface area (Å²) >= 11 is 1.52. The Hall–Kier alpha value is -1.69. The van der Waals surface area contributed by atoms with Crippen LogP contribution in [0.3, 0.4) is 0 Å². The van der Waals surface area contributed by atoms with Gasteiger partial charge in [0.25, 0.3) is 0 Å². The van der Waals surface area contributed by atoms with Crippen molar-refractivity contribution in [1.29, 1.82) is 0 Å². The van der Waals surface area contributed by atoms with Gasteiger partial charge in [-0.3, -0.25) is 9.59 Å². The van der Waals surface area contributed by atoms with E-state index < -0.39 is 0 Å². The molecule has 1 aromatic carbocycles. The van der Waals surface area contributed by atoms with Crippen LogP contribution in [0.2, 0.25) is 0 Å². The second-order valence-corrected chi connectivity index (χ2v) is 5.44. The number of rotatable bonds is 4. The Labute approximate surface area is 116 Å². The van der Waals surface area contributed by atoms with Crippen LogP contribution < -0.4 is 15.4 Å². The molecule has 0 aromatic heterocycles. The number of nitrogens with one attached hydrogen (secondary N) is 2. The summed E-state index contributed by atoms with van der Waals surface area (Å²) in [5, 5.41) is 5.25. The Morgan fingerprint density at radius 3 is 2.84 bits per heavy atom. The molecule has 1 aliphatic heterocycles. The lowest BCUT2D eigenvalue weighted by Gasteiger charge is -2.20. The lowest BCUT2D eigenvalue weighted by Crippen LogP contribution is -2.40. The number of carbonyl (C=O) groups excluding carboxylic acids is 2. The average molecular weight is 280 g/mol. The van der Waals surface area contributed by atoms with Gasteiger partial charge in [0.05, 0.1) is 12.4 Å². The fraction of sp³-hybridized carbons (Fsp3) is 0.385. The van der Waals surface area contributed by atoms with Gasteiger partial charge < -0.3 is 15.4 Å². The molecule has 0 radical (unpaired) electrons. The summed E-state index contributed by atoms with van der Waals surface area (Å²) < 4.78 is 5.04. The van der Waals surface area contributed by atoms with Gasteiger partial charge in [0.15, 0.2) is 0 Å². The second kappa shape index (κ2) is 6.47. The average Bonchev–Trinajstić information content (AvgIpc) is 2.42. The van der Waals surface area contributed by atoms with E-state index in [0.29, 0.717) is 12.2 Å². The monoisotopic (exact) mass is 280 g/mol. The number of hydrogen-bond donors (Lipinski definition) is 2. The molecule has 1 aliphatic rings. The van der Waals surface area contributed by atoms with Gasteiger partial charge in [-0.05, 0) is 24.3 Å². The molecule has 0 saturated carbocycles. The molecular weight excluding hydrogens is 264 g/mol. The van der Waals surface area contributed by atoms with Gasteiger partial charge in [-0.25, -0.2) is 0 Å². The van der Waals surface area contributed by atoms with Crippen molar-refractivity contribution in [2.75, 3.05) is 24.7 Å². The van der Waals surface area contributed by atoms with E-state index in [0.717, 1.165) is 11.5 Å². The van der Waals surface area contributed by atoms with Crippen LogP contribution in [0.1, 0.15) is 6.42 Å². The number of ether oxygens (including phenoxy) is 1. The van der Waals surface area contributed by atoms with Crippen LogP contribution in [0.25, 0.3) is 0 Å². The zero-order chi connectivity index (χ0) is 13.7. The Kier molecular flexibility index (Phi) is 4.68. The molecule has 19 heavy (non-hydrogen) atoms. The van der Waals surface area contributed by atoms with Crippen LogP contribution in [0.4, 0.5) is 5.69 Å². The first kappa shape index (κ1) is 13.7. The van der Waals surface area contributed by atoms with Crippen molar-refractivity contribution in [3.63, 3.8) is 0 Å². The number of hydrogen-bond acceptors (Lipinski definition) is 4. The normalized spacial score (nSPS) is 18.6. The Bertz CT molecular complexity index is 461. The molecule has 0 bridgehead atoms. The minimum Gasteiger partial charge on any atom is -0.497 e. The van der Waals surface area contributed by atoms with Crippen molar-refractivity contribution in [2.24, 2.45) is 0 Å². The predicted octanol–water partition coefficient (Wildman–Crippen LogP) is 1.26. The second-order valence-electron chi connectivity index (χ2n) is 4.13. The number of methoxy groups -OCH3 is 1. The summed E-state index contributed by atoms with van der Waals surface area (Å²) in [6.07, 6.45) is 0.197. The molecule has 0 aliphatic carbocycles. The van der Waals surface area contributed by atoms with Gasteiger partial charge >= 0.3 is 0 Å². The van der Waals surface area contributed by atoms with E-state index in [1.54, 1.807) is 31.4 Å². The molecule has 0 unspecified atom stereocenters. The van der Waals surface area contributed by atoms with Crippen molar-refractivity contribution in [2.45, 2.75) is 11.7 Å². The first-order valence-electron chi connectivity index (χ1n) is 6.02. The maximum absolute atomic E-state index is 11.8. The smallest absolute Gasteiger partial charge is 0.233 e. The van der Waals surface area contributed by atoms with E-state index in [4.69, 9.17) is 4.74 Å². The molecule has 0 spiro atoms. The van der Waals surface area contributed by atoms with Crippen LogP contribution in [0.15, 0.2) is 24.3 Å². The van der Waals surface area contributed by atoms with Gasteiger partial charge in [-0.1, -0.05) is 0 Å². The number of amides is 2. The molecule has 1 aromatic rings. The molecule has 1 fully saturated rings. The number of thioether (sulfide) groups is 1. The number of benzene rings is 1. The van der Waals surface area contributed by atoms with Crippen LogP contribution in [0.5, 0.6) is 5.75 Å². The van der Waals surface area contributed by atoms with Crippen molar-refractivity contribution in [1.82, 2.24) is 5.32 Å². The van der Waals surface area contributed by atoms with Gasteiger partial charge in [0, 0.05) is 24.4 Å². The lowest BCUT2D eigenvalue weighted by atomic mass is 10.2. The fourth-order valence-corrected chi connectivity index (χ4v) is 2.78. The highest BCUT2D eigenvalue weighted by Gasteiger charge is 2.25. The maximum atomic E-state index is 11.8. The van der Waals surface area contributed by atoms with Crippen molar-refractivity contribution < 1.29 is 14.3 Å². The zero-order valence-electron chi connectivity index (χ0n) is 10.6. The molecule has 2 rings (SSSR count). The SMILES string of the molecule is COc1ccc(NC(=O)C[C@@H]2SCCNC2=O)cc1. The lowest BCUT2D eigenvalue weighted by molar-refractivity contribution is -0.123. The molecule has 102 valence electrons. The van der Waals surface area contributed by atoms with E-state index >= 15 is 0 Å². The minimum absolute atomic E-state index is 0.0545. The van der Waals surface area contributed by atoms with Crippen LogP contribution in [0, 0.1) is 0 Å². The van der Waals surface area contributed by atoms with Gasteiger partial charge in [0.1, 0.15) is 5.75 Å². The van der Waals surface area contributed by atoms with Crippen molar-refractivity contribution in [3.8, 4) is 5.75 Å². The van der Waals surface area contributed by atoms with E-state index in [-0.39, 0.29) is 23.5 Å². The summed E-state index contributed by atoms with van der Waals surface area (Å²) in [4.78, 5) is 23.4. The Balaban J connectivity index is 1.87. The molecule has 2 amide bonds. The van der Waals surface area contributed by atoms with E-state index in [2.05, 4.69) is 10.6 Å². The van der Waals surface area contributed by atoms with Crippen LogP contribution in [-0.4, -0.2) is 36.5 Å². The third-order valence-corrected chi connectivity index (χ3v) is 3.98. The highest BCUT2D eigenvalue weighted by Crippen LogP contribution is 2.19. The molecule has 1 heterocycles. The highest BCUT2D eigenvalue weighted by molar-refractivity contribution is 8.00. The molecular formula is C13H16N2O3S. The zero-order valence-corrected chi connectivity index (χ0v) is 11.5. The summed E-state index contributed by atoms with van der Waals surface area (Å²) in [6.45, 7) is 0.681. The minimum atomic E-state index is -0.285. The number of carbonyl (C=O) groups is 2. The topological polar surface area (TPSA) is 67.4 Å². The third-order valence-electron chi connectivity index (χ3n) is 2.76. The van der Waals surface area contributed by atoms with Gasteiger partial charge in [-0.2, -0.15) is 0 Å². The largest absolute Gasteiger partial charge is 0.497 e. The summed E-state index contributed by atoms with van der Waals surface area (Å²) in [5.74, 6) is 1.38. The number of anilines is 1. The van der Waals surface area contributed by atoms with E-state index in [1.807, 2.05) is 0 Å².